The summed E-state index contributed by atoms with van der Waals surface area (Å²) in [7, 11) is 0. The van der Waals surface area contributed by atoms with Crippen LogP contribution in [0.5, 0.6) is 0 Å². The Kier molecular flexibility index (Phi) is 5.25. The van der Waals surface area contributed by atoms with Crippen LogP contribution in [0.15, 0.2) is 42.0 Å². The Hall–Kier alpha value is -2.02. The average Bonchev–Trinajstić information content (AvgIpc) is 2.87. The molecule has 4 heterocycles. The van der Waals surface area contributed by atoms with Gasteiger partial charge >= 0.3 is 0 Å². The smallest absolute Gasteiger partial charge is 0.239 e. The fraction of sp³-hybridized carbons (Fsp3) is 0.583. The summed E-state index contributed by atoms with van der Waals surface area (Å²) in [5, 5.41) is 0. The van der Waals surface area contributed by atoms with Crippen LogP contribution in [0.1, 0.15) is 13.8 Å². The van der Waals surface area contributed by atoms with Gasteiger partial charge in [0, 0.05) is 38.8 Å². The maximum atomic E-state index is 13.6. The Bertz CT molecular complexity index is 849. The molecule has 1 aromatic rings. The van der Waals surface area contributed by atoms with Crippen LogP contribution in [0.25, 0.3) is 0 Å². The molecular weight excluding hydrogens is 378 g/mol. The molecule has 1 aromatic carbocycles. The van der Waals surface area contributed by atoms with Crippen LogP contribution in [0.2, 0.25) is 0 Å². The third-order valence-corrected chi connectivity index (χ3v) is 7.49. The highest BCUT2D eigenvalue weighted by molar-refractivity contribution is 6.22. The quantitative estimate of drug-likeness (QED) is 0.563. The molecule has 30 heavy (non-hydrogen) atoms. The first-order valence-corrected chi connectivity index (χ1v) is 11.2. The van der Waals surface area contributed by atoms with Gasteiger partial charge in [0.15, 0.2) is 0 Å². The van der Waals surface area contributed by atoms with Crippen molar-refractivity contribution in [1.82, 2.24) is 9.80 Å². The monoisotopic (exact) mass is 409 g/mol. The standard InChI is InChI=1S/C24H31N3O3/c1-16-14-19-21-22(24(29)27(23(21)28)18-6-4-3-5-7-18)20(16)17(2)15-26(19)9-8-25-10-12-30-13-11-25/h3-7,14,17,19-22H,8-13,15H2,1-2H3. The van der Waals surface area contributed by atoms with Gasteiger partial charge in [-0.05, 0) is 30.9 Å². The summed E-state index contributed by atoms with van der Waals surface area (Å²) in [4.78, 5) is 33.5. The van der Waals surface area contributed by atoms with Gasteiger partial charge in [-0.25, -0.2) is 4.90 Å². The van der Waals surface area contributed by atoms with Crippen LogP contribution < -0.4 is 4.90 Å². The second-order valence-electron chi connectivity index (χ2n) is 9.25. The molecule has 0 saturated carbocycles. The average molecular weight is 410 g/mol. The number of hydrogen-bond donors (Lipinski definition) is 0. The zero-order valence-corrected chi connectivity index (χ0v) is 17.9. The number of rotatable bonds is 4. The normalized spacial score (nSPS) is 34.8. The van der Waals surface area contributed by atoms with Gasteiger partial charge in [-0.2, -0.15) is 0 Å². The number of fused-ring (bicyclic) bond motifs is 2. The van der Waals surface area contributed by atoms with E-state index in [1.54, 1.807) is 0 Å². The molecule has 6 heteroatoms. The molecule has 3 fully saturated rings. The summed E-state index contributed by atoms with van der Waals surface area (Å²) in [5.74, 6) is -0.0682. The van der Waals surface area contributed by atoms with Gasteiger partial charge < -0.3 is 4.74 Å². The summed E-state index contributed by atoms with van der Waals surface area (Å²) in [6.07, 6.45) is 2.29. The predicted molar refractivity (Wildman–Crippen MR) is 115 cm³/mol. The van der Waals surface area contributed by atoms with Crippen molar-refractivity contribution < 1.29 is 14.3 Å². The van der Waals surface area contributed by atoms with Crippen LogP contribution in [-0.2, 0) is 14.3 Å². The number of amides is 2. The van der Waals surface area contributed by atoms with E-state index in [2.05, 4.69) is 29.7 Å². The van der Waals surface area contributed by atoms with Gasteiger partial charge in [-0.1, -0.05) is 36.8 Å². The molecule has 0 aromatic heterocycles. The van der Waals surface area contributed by atoms with E-state index in [9.17, 15) is 9.59 Å². The molecule has 5 aliphatic rings. The van der Waals surface area contributed by atoms with Crippen LogP contribution in [0.4, 0.5) is 5.69 Å². The van der Waals surface area contributed by atoms with E-state index in [-0.39, 0.29) is 35.6 Å². The van der Waals surface area contributed by atoms with Crippen molar-refractivity contribution in [2.24, 2.45) is 23.7 Å². The van der Waals surface area contributed by atoms with Crippen molar-refractivity contribution in [2.45, 2.75) is 19.9 Å². The van der Waals surface area contributed by atoms with Crippen LogP contribution in [0, 0.1) is 23.7 Å². The largest absolute Gasteiger partial charge is 0.379 e. The second kappa shape index (κ2) is 7.91. The van der Waals surface area contributed by atoms with E-state index < -0.39 is 0 Å². The van der Waals surface area contributed by atoms with Crippen molar-refractivity contribution in [1.29, 1.82) is 0 Å². The van der Waals surface area contributed by atoms with Crippen molar-refractivity contribution in [3.63, 3.8) is 0 Å². The minimum atomic E-state index is -0.277. The molecule has 2 bridgehead atoms. The van der Waals surface area contributed by atoms with Crippen LogP contribution in [0.3, 0.4) is 0 Å². The van der Waals surface area contributed by atoms with Gasteiger partial charge in [0.25, 0.3) is 0 Å². The minimum Gasteiger partial charge on any atom is -0.379 e. The Morgan fingerprint density at radius 2 is 1.67 bits per heavy atom. The molecule has 1 aliphatic carbocycles. The number of hydrogen-bond acceptors (Lipinski definition) is 5. The highest BCUT2D eigenvalue weighted by Crippen LogP contribution is 2.49. The zero-order valence-electron chi connectivity index (χ0n) is 17.9. The van der Waals surface area contributed by atoms with E-state index in [0.717, 1.165) is 45.9 Å². The highest BCUT2D eigenvalue weighted by atomic mass is 16.5. The number of allylic oxidation sites excluding steroid dienone is 1. The first-order valence-electron chi connectivity index (χ1n) is 11.2. The Labute approximate surface area is 178 Å². The van der Waals surface area contributed by atoms with Crippen LogP contribution in [-0.4, -0.2) is 73.6 Å². The van der Waals surface area contributed by atoms with E-state index in [0.29, 0.717) is 11.6 Å². The molecule has 6 rings (SSSR count). The van der Waals surface area contributed by atoms with Gasteiger partial charge in [0.05, 0.1) is 30.7 Å². The fourth-order valence-corrected chi connectivity index (χ4v) is 6.12. The molecule has 160 valence electrons. The molecule has 3 saturated heterocycles. The fourth-order valence-electron chi connectivity index (χ4n) is 6.12. The number of ether oxygens (including phenoxy) is 1. The SMILES string of the molecule is CC1=CC2C3C(=O)N(c4ccccc4)C(=O)C3C1C(C)CN2CCN1CCOCC1. The summed E-state index contributed by atoms with van der Waals surface area (Å²) in [6.45, 7) is 10.8. The summed E-state index contributed by atoms with van der Waals surface area (Å²) < 4.78 is 5.48. The number of anilines is 1. The number of carbonyl (C=O) groups excluding carboxylic acids is 2. The molecule has 2 amide bonds. The lowest BCUT2D eigenvalue weighted by Crippen LogP contribution is -2.48. The Balaban J connectivity index is 1.44. The Morgan fingerprint density at radius 1 is 0.967 bits per heavy atom. The molecule has 0 spiro atoms. The van der Waals surface area contributed by atoms with Crippen molar-refractivity contribution in [2.75, 3.05) is 50.8 Å². The van der Waals surface area contributed by atoms with E-state index >= 15 is 0 Å². The third kappa shape index (κ3) is 3.22. The molecule has 0 radical (unpaired) electrons. The summed E-state index contributed by atoms with van der Waals surface area (Å²) in [5.41, 5.74) is 1.98. The van der Waals surface area contributed by atoms with Crippen molar-refractivity contribution in [3.05, 3.63) is 42.0 Å². The van der Waals surface area contributed by atoms with Gasteiger partial charge in [0.1, 0.15) is 0 Å². The van der Waals surface area contributed by atoms with Gasteiger partial charge in [0.2, 0.25) is 11.8 Å². The second-order valence-corrected chi connectivity index (χ2v) is 9.25. The molecule has 0 N–H and O–H groups in total. The maximum absolute atomic E-state index is 13.6. The number of imide groups is 1. The summed E-state index contributed by atoms with van der Waals surface area (Å²) in [6, 6.07) is 9.42. The predicted octanol–water partition coefficient (Wildman–Crippen LogP) is 2.02. The number of nitrogens with zero attached hydrogens (tertiary/aromatic N) is 3. The lowest BCUT2D eigenvalue weighted by molar-refractivity contribution is -0.123. The molecule has 5 atom stereocenters. The lowest BCUT2D eigenvalue weighted by atomic mass is 9.68. The topological polar surface area (TPSA) is 53.1 Å². The van der Waals surface area contributed by atoms with E-state index in [4.69, 9.17) is 4.74 Å². The molecule has 6 nitrogen and oxygen atoms in total. The van der Waals surface area contributed by atoms with Crippen molar-refractivity contribution in [3.8, 4) is 0 Å². The van der Waals surface area contributed by atoms with E-state index in [1.807, 2.05) is 30.3 Å². The summed E-state index contributed by atoms with van der Waals surface area (Å²) >= 11 is 0. The molecular formula is C24H31N3O3. The number of benzene rings is 1. The van der Waals surface area contributed by atoms with E-state index in [1.165, 1.54) is 10.5 Å². The minimum absolute atomic E-state index is 0.00222. The van der Waals surface area contributed by atoms with Crippen LogP contribution >= 0.6 is 0 Å². The van der Waals surface area contributed by atoms with Gasteiger partial charge in [-0.3, -0.25) is 19.4 Å². The molecule has 4 aliphatic heterocycles. The zero-order chi connectivity index (χ0) is 20.8. The molecule has 5 unspecified atom stereocenters. The van der Waals surface area contributed by atoms with Crippen molar-refractivity contribution >= 4 is 17.5 Å². The highest BCUT2D eigenvalue weighted by Gasteiger charge is 2.59. The number of morpholine rings is 1. The third-order valence-electron chi connectivity index (χ3n) is 7.49. The first kappa shape index (κ1) is 19.9. The number of carbonyl (C=O) groups is 2. The van der Waals surface area contributed by atoms with Gasteiger partial charge in [-0.15, -0.1) is 0 Å². The Morgan fingerprint density at radius 3 is 2.40 bits per heavy atom. The lowest BCUT2D eigenvalue weighted by Gasteiger charge is -2.36. The first-order chi connectivity index (χ1) is 14.6. The number of para-hydroxylation sites is 1. The maximum Gasteiger partial charge on any atom is 0.239 e.